The summed E-state index contributed by atoms with van der Waals surface area (Å²) in [6.07, 6.45) is 35.8. The molecule has 1 spiro atoms. The number of carbonyl (C=O) groups excluding carboxylic acids is 4. The van der Waals surface area contributed by atoms with Gasteiger partial charge in [0.25, 0.3) is 11.8 Å². The van der Waals surface area contributed by atoms with E-state index in [1.165, 1.54) is 35.5 Å². The lowest BCUT2D eigenvalue weighted by Crippen LogP contribution is -2.55. The molecule has 10 aliphatic carbocycles. The van der Waals surface area contributed by atoms with Crippen molar-refractivity contribution < 1.29 is 44.0 Å². The predicted octanol–water partition coefficient (Wildman–Crippen LogP) is 9.63. The number of hydrogen-bond donors (Lipinski definition) is 7. The van der Waals surface area contributed by atoms with Crippen molar-refractivity contribution in [2.75, 3.05) is 38.7 Å². The first-order chi connectivity index (χ1) is 43.0. The number of imide groups is 1. The Labute approximate surface area is 525 Å². The number of allylic oxidation sites excluding steroid dienone is 7. The Morgan fingerprint density at radius 3 is 2.53 bits per heavy atom. The van der Waals surface area contributed by atoms with Gasteiger partial charge in [-0.2, -0.15) is 0 Å². The van der Waals surface area contributed by atoms with Gasteiger partial charge in [0.15, 0.2) is 0 Å². The van der Waals surface area contributed by atoms with Gasteiger partial charge in [0, 0.05) is 85.1 Å². The fraction of sp³-hybridized carbons (Fsp3) is 0.648. The van der Waals surface area contributed by atoms with Crippen LogP contribution in [0, 0.1) is 111 Å². The third-order valence-electron chi connectivity index (χ3n) is 24.8. The van der Waals surface area contributed by atoms with E-state index in [0.29, 0.717) is 61.4 Å². The van der Waals surface area contributed by atoms with Crippen LogP contribution in [0.5, 0.6) is 0 Å². The number of esters is 2. The Kier molecular flexibility index (Phi) is 16.3. The van der Waals surface area contributed by atoms with E-state index in [1.807, 2.05) is 6.20 Å². The van der Waals surface area contributed by atoms with Crippen LogP contribution in [0.1, 0.15) is 135 Å². The molecule has 6 heterocycles. The minimum atomic E-state index is -1.03. The SMILES string of the molecule is CCC1(C2=C3OC(=O)C4=C3[C@@H](CC2)C[C@H]2[C@@H]3CC[C@@]5(C6=C3[C@H](CN3C(=O)C=CC3=O)C3=CCNC(=C3)NCSS[C@H](NC[C@H](O)[C@H]3CCCC[C@@H]3Cc3cnc[nH]3)[C@@H]([C@H]3[C@@H]7C[C@H]8C[C@@H](CO)C[C@H](CO)C#C[C@@H]7C=C[C@@H]3C8)C/C=C/5OC6=O)[C@@H]42)CCCC1. The number of dihydropyridines is 1. The molecule has 17 heteroatoms. The molecule has 4 saturated carbocycles. The van der Waals surface area contributed by atoms with Crippen molar-refractivity contribution in [1.29, 1.82) is 0 Å². The molecule has 5 fully saturated rings. The predicted molar refractivity (Wildman–Crippen MR) is 336 cm³/mol. The van der Waals surface area contributed by atoms with Gasteiger partial charge in [0.1, 0.15) is 11.5 Å². The van der Waals surface area contributed by atoms with Crippen molar-refractivity contribution in [3.63, 3.8) is 0 Å². The molecule has 16 rings (SSSR count). The minimum Gasteiger partial charge on any atom is -0.427 e. The van der Waals surface area contributed by atoms with Gasteiger partial charge in [-0.05, 0) is 202 Å². The van der Waals surface area contributed by atoms with Crippen molar-refractivity contribution in [3.05, 3.63) is 112 Å². The van der Waals surface area contributed by atoms with E-state index in [0.717, 1.165) is 136 Å². The molecule has 15 nitrogen and oxygen atoms in total. The molecule has 1 aromatic rings. The largest absolute Gasteiger partial charge is 0.427 e. The normalized spacial score (nSPS) is 39.8. The van der Waals surface area contributed by atoms with Crippen LogP contribution in [0.2, 0.25) is 0 Å². The van der Waals surface area contributed by atoms with Crippen LogP contribution < -0.4 is 16.0 Å². The third-order valence-corrected chi connectivity index (χ3v) is 27.3. The standard InChI is InChI=1S/C71H88N6O9S2/c1-2-70(21-5-6-22-70)54-15-13-46-30-52-49-19-23-71(64(52)63-61(46)66(54)86-68(63)83)56-16-14-50(60-45-12-11-42-10-9-39(35-78)25-41(36-79)26-40(27-45)28-51(42)60)67(74-33-55(80)48-8-4-3-7-43(48)29-47-32-72-37-75-47)88-87-38-76-57-31-44(20-24-73-57)53(62(49)65(71)69(84)85-56)34-77-58(81)17-18-59(77)82/h11-12,16-18,20,31-32,37,39-43,45-46,48-53,55,60,64,67,73-74,76,78-80H,2-8,13-15,19,21-30,33-36,38H2,1H3,(H,72,75)/b56-16-/t39-,40+,41+,42-,43-,45-,46+,48+,49+,50-,51-,52+,53-,55+,60+,64-,67+,71+/m1/s1. The lowest BCUT2D eigenvalue weighted by atomic mass is 9.42. The number of aromatic amines is 1. The number of aliphatic hydroxyl groups excluding tert-OH is 3. The number of aliphatic hydroxyl groups is 3. The number of aromatic nitrogens is 2. The monoisotopic (exact) mass is 1230 g/mol. The second kappa shape index (κ2) is 24.2. The van der Waals surface area contributed by atoms with Crippen LogP contribution in [0.4, 0.5) is 0 Å². The molecule has 88 heavy (non-hydrogen) atoms. The number of nitrogens with zero attached hydrogens (tertiary/aromatic N) is 2. The number of fused-ring (bicyclic) bond motifs is 4. The molecule has 15 aliphatic rings. The summed E-state index contributed by atoms with van der Waals surface area (Å²) in [5, 5.41) is 45.3. The third kappa shape index (κ3) is 10.1. The molecule has 10 bridgehead atoms. The van der Waals surface area contributed by atoms with Crippen LogP contribution in [-0.2, 0) is 35.1 Å². The number of hydrogen-bond acceptors (Lipinski definition) is 15. The van der Waals surface area contributed by atoms with Gasteiger partial charge in [-0.1, -0.05) is 84.3 Å². The Morgan fingerprint density at radius 1 is 0.875 bits per heavy atom. The van der Waals surface area contributed by atoms with Crippen molar-refractivity contribution >= 4 is 45.3 Å². The Morgan fingerprint density at radius 2 is 1.73 bits per heavy atom. The summed E-state index contributed by atoms with van der Waals surface area (Å²) in [5.74, 6) is 8.69. The maximum Gasteiger partial charge on any atom is 0.340 e. The molecule has 5 aliphatic heterocycles. The number of amides is 2. The number of ether oxygens (including phenoxy) is 2. The van der Waals surface area contributed by atoms with Gasteiger partial charge in [-0.3, -0.25) is 14.5 Å². The lowest BCUT2D eigenvalue weighted by Gasteiger charge is -2.58. The highest BCUT2D eigenvalue weighted by Crippen LogP contribution is 2.73. The summed E-state index contributed by atoms with van der Waals surface area (Å²) < 4.78 is 13.9. The molecule has 468 valence electrons. The average Bonchev–Trinajstić information content (AvgIpc) is 1.37. The van der Waals surface area contributed by atoms with E-state index in [9.17, 15) is 24.9 Å². The van der Waals surface area contributed by atoms with Crippen molar-refractivity contribution in [2.45, 2.75) is 147 Å². The Hall–Kier alpha value is -5.09. The number of imidazole rings is 1. The van der Waals surface area contributed by atoms with Crippen LogP contribution in [-0.4, -0.2) is 104 Å². The molecule has 0 radical (unpaired) electrons. The molecule has 0 aromatic carbocycles. The Bertz CT molecular complexity index is 3290. The molecule has 2 amide bonds. The molecule has 1 saturated heterocycles. The first-order valence-electron chi connectivity index (χ1n) is 33.9. The zero-order valence-corrected chi connectivity index (χ0v) is 52.5. The van der Waals surface area contributed by atoms with E-state index in [-0.39, 0.29) is 119 Å². The molecule has 18 atom stereocenters. The summed E-state index contributed by atoms with van der Waals surface area (Å²) in [5.41, 5.74) is 5.74. The van der Waals surface area contributed by atoms with Crippen LogP contribution in [0.25, 0.3) is 0 Å². The first kappa shape index (κ1) is 59.2. The lowest BCUT2D eigenvalue weighted by molar-refractivity contribution is -0.138. The van der Waals surface area contributed by atoms with Gasteiger partial charge in [0.05, 0.1) is 47.1 Å². The van der Waals surface area contributed by atoms with Crippen LogP contribution >= 0.6 is 21.6 Å². The van der Waals surface area contributed by atoms with Gasteiger partial charge >= 0.3 is 11.9 Å². The topological polar surface area (TPSA) is 215 Å². The van der Waals surface area contributed by atoms with Gasteiger partial charge < -0.3 is 45.7 Å². The summed E-state index contributed by atoms with van der Waals surface area (Å²) in [6, 6.07) is 0. The summed E-state index contributed by atoms with van der Waals surface area (Å²) in [7, 11) is 3.55. The van der Waals surface area contributed by atoms with Gasteiger partial charge in [-0.15, -0.1) is 0 Å². The van der Waals surface area contributed by atoms with E-state index in [1.54, 1.807) is 27.9 Å². The molecular weight excluding hydrogens is 1140 g/mol. The summed E-state index contributed by atoms with van der Waals surface area (Å²) in [6.45, 7) is 3.29. The zero-order valence-electron chi connectivity index (χ0n) is 50.9. The molecule has 0 unspecified atom stereocenters. The zero-order chi connectivity index (χ0) is 60.0. The van der Waals surface area contributed by atoms with Crippen molar-refractivity contribution in [2.24, 2.45) is 99.6 Å². The Balaban J connectivity index is 0.894. The fourth-order valence-electron chi connectivity index (χ4n) is 21.1. The van der Waals surface area contributed by atoms with Crippen LogP contribution in [0.3, 0.4) is 0 Å². The van der Waals surface area contributed by atoms with Gasteiger partial charge in [-0.25, -0.2) is 14.6 Å². The summed E-state index contributed by atoms with van der Waals surface area (Å²) in [4.78, 5) is 68.0. The number of carbonyl (C=O) groups is 4. The number of rotatable bonds is 13. The fourth-order valence-corrected chi connectivity index (χ4v) is 23.6. The average molecular weight is 1230 g/mol. The first-order valence-corrected chi connectivity index (χ1v) is 36.2. The van der Waals surface area contributed by atoms with Crippen molar-refractivity contribution in [1.82, 2.24) is 30.8 Å². The number of nitrogens with one attached hydrogen (secondary N) is 4. The highest BCUT2D eigenvalue weighted by atomic mass is 33.1. The smallest absolute Gasteiger partial charge is 0.340 e. The number of H-pyrrole nitrogens is 1. The van der Waals surface area contributed by atoms with Gasteiger partial charge in [0.2, 0.25) is 0 Å². The van der Waals surface area contributed by atoms with Crippen molar-refractivity contribution in [3.8, 4) is 11.8 Å². The van der Waals surface area contributed by atoms with E-state index in [2.05, 4.69) is 75.1 Å². The maximum atomic E-state index is 15.9. The summed E-state index contributed by atoms with van der Waals surface area (Å²) >= 11 is 0. The second-order valence-electron chi connectivity index (χ2n) is 28.9. The maximum absolute atomic E-state index is 15.9. The molecule has 1 aromatic heterocycles. The molecule has 7 N–H and O–H groups in total. The van der Waals surface area contributed by atoms with Crippen LogP contribution in [0.15, 0.2) is 106 Å². The highest BCUT2D eigenvalue weighted by Gasteiger charge is 2.70. The quantitative estimate of drug-likeness (QED) is 0.0322. The highest BCUT2D eigenvalue weighted by molar-refractivity contribution is 8.76. The second-order valence-corrected chi connectivity index (χ2v) is 31.4. The minimum absolute atomic E-state index is 0.0118. The van der Waals surface area contributed by atoms with E-state index < -0.39 is 23.4 Å². The molecular formula is C71H88N6O9S2. The van der Waals surface area contributed by atoms with E-state index in [4.69, 9.17) is 9.47 Å². The van der Waals surface area contributed by atoms with E-state index >= 15 is 9.59 Å².